The lowest BCUT2D eigenvalue weighted by molar-refractivity contribution is 0.0688. The van der Waals surface area contributed by atoms with E-state index in [0.717, 1.165) is 18.6 Å². The van der Waals surface area contributed by atoms with Gasteiger partial charge in [-0.15, -0.1) is 0 Å². The number of rotatable bonds is 4. The van der Waals surface area contributed by atoms with Crippen molar-refractivity contribution in [2.24, 2.45) is 0 Å². The number of carbonyl (C=O) groups excluding carboxylic acids is 1. The highest BCUT2D eigenvalue weighted by molar-refractivity contribution is 5.94. The standard InChI is InChI=1S/C17H19N3O4/c1-24-15-4-2-12(3-5-15)16(21)19-8-6-14(7-9-19)20-11-13(10-18-20)17(22)23/h2-5,10-11,14H,6-9H2,1H3,(H,22,23). The number of ether oxygens (including phenoxy) is 1. The topological polar surface area (TPSA) is 84.7 Å². The number of aromatic nitrogens is 2. The number of hydrogen-bond acceptors (Lipinski definition) is 4. The van der Waals surface area contributed by atoms with Gasteiger partial charge >= 0.3 is 5.97 Å². The van der Waals surface area contributed by atoms with Gasteiger partial charge in [0.1, 0.15) is 5.75 Å². The van der Waals surface area contributed by atoms with Gasteiger partial charge in [0, 0.05) is 24.8 Å². The van der Waals surface area contributed by atoms with Crippen molar-refractivity contribution >= 4 is 11.9 Å². The van der Waals surface area contributed by atoms with Gasteiger partial charge in [0.25, 0.3) is 5.91 Å². The Bertz CT molecular complexity index is 731. The van der Waals surface area contributed by atoms with Crippen LogP contribution in [0.3, 0.4) is 0 Å². The average molecular weight is 329 g/mol. The highest BCUT2D eigenvalue weighted by atomic mass is 16.5. The molecule has 1 amide bonds. The molecule has 3 rings (SSSR count). The molecule has 1 fully saturated rings. The molecule has 0 saturated carbocycles. The van der Waals surface area contributed by atoms with Crippen LogP contribution in [0.25, 0.3) is 0 Å². The number of nitrogens with zero attached hydrogens (tertiary/aromatic N) is 3. The predicted octanol–water partition coefficient (Wildman–Crippen LogP) is 2.07. The molecular formula is C17H19N3O4. The Morgan fingerprint density at radius 1 is 1.17 bits per heavy atom. The van der Waals surface area contributed by atoms with Crippen molar-refractivity contribution in [3.63, 3.8) is 0 Å². The first-order valence-corrected chi connectivity index (χ1v) is 7.79. The SMILES string of the molecule is COc1ccc(C(=O)N2CCC(n3cc(C(=O)O)cn3)CC2)cc1. The molecule has 0 spiro atoms. The molecular weight excluding hydrogens is 310 g/mol. The highest BCUT2D eigenvalue weighted by Crippen LogP contribution is 2.24. The lowest BCUT2D eigenvalue weighted by Gasteiger charge is -2.32. The van der Waals surface area contributed by atoms with Crippen LogP contribution >= 0.6 is 0 Å². The van der Waals surface area contributed by atoms with Crippen molar-refractivity contribution in [3.8, 4) is 5.75 Å². The van der Waals surface area contributed by atoms with Gasteiger partial charge < -0.3 is 14.7 Å². The van der Waals surface area contributed by atoms with Crippen LogP contribution in [-0.4, -0.2) is 51.9 Å². The largest absolute Gasteiger partial charge is 0.497 e. The number of benzene rings is 1. The van der Waals surface area contributed by atoms with Crippen LogP contribution in [0.15, 0.2) is 36.7 Å². The van der Waals surface area contributed by atoms with Crippen molar-refractivity contribution in [1.82, 2.24) is 14.7 Å². The lowest BCUT2D eigenvalue weighted by Crippen LogP contribution is -2.39. The van der Waals surface area contributed by atoms with Crippen molar-refractivity contribution in [3.05, 3.63) is 47.8 Å². The van der Waals surface area contributed by atoms with E-state index < -0.39 is 5.97 Å². The molecule has 0 atom stereocenters. The second-order valence-corrected chi connectivity index (χ2v) is 5.77. The molecule has 1 saturated heterocycles. The van der Waals surface area contributed by atoms with E-state index in [4.69, 9.17) is 9.84 Å². The second kappa shape index (κ2) is 6.74. The summed E-state index contributed by atoms with van der Waals surface area (Å²) in [6.07, 6.45) is 4.41. The van der Waals surface area contributed by atoms with Crippen LogP contribution in [0, 0.1) is 0 Å². The van der Waals surface area contributed by atoms with E-state index in [2.05, 4.69) is 5.10 Å². The summed E-state index contributed by atoms with van der Waals surface area (Å²) in [7, 11) is 1.59. The molecule has 7 nitrogen and oxygen atoms in total. The Morgan fingerprint density at radius 2 is 1.83 bits per heavy atom. The molecule has 1 aliphatic heterocycles. The number of piperidine rings is 1. The van der Waals surface area contributed by atoms with E-state index in [9.17, 15) is 9.59 Å². The van der Waals surface area contributed by atoms with Gasteiger partial charge in [-0.1, -0.05) is 0 Å². The Kier molecular flexibility index (Phi) is 4.50. The molecule has 1 N–H and O–H groups in total. The average Bonchev–Trinajstić information content (AvgIpc) is 3.12. The number of likely N-dealkylation sites (tertiary alicyclic amines) is 1. The molecule has 1 aromatic heterocycles. The van der Waals surface area contributed by atoms with Crippen molar-refractivity contribution in [2.45, 2.75) is 18.9 Å². The number of carboxylic acids is 1. The quantitative estimate of drug-likeness (QED) is 0.928. The number of carbonyl (C=O) groups is 2. The first-order valence-electron chi connectivity index (χ1n) is 7.79. The van der Waals surface area contributed by atoms with E-state index >= 15 is 0 Å². The smallest absolute Gasteiger partial charge is 0.338 e. The Morgan fingerprint density at radius 3 is 2.38 bits per heavy atom. The second-order valence-electron chi connectivity index (χ2n) is 5.77. The summed E-state index contributed by atoms with van der Waals surface area (Å²) in [6.45, 7) is 1.25. The first kappa shape index (κ1) is 16.0. The van der Waals surface area contributed by atoms with Crippen LogP contribution < -0.4 is 4.74 Å². The Balaban J connectivity index is 1.61. The van der Waals surface area contributed by atoms with Crippen LogP contribution in [0.4, 0.5) is 0 Å². The summed E-state index contributed by atoms with van der Waals surface area (Å²) in [6, 6.07) is 7.20. The summed E-state index contributed by atoms with van der Waals surface area (Å²) >= 11 is 0. The van der Waals surface area contributed by atoms with Crippen molar-refractivity contribution < 1.29 is 19.4 Å². The minimum absolute atomic E-state index is 0.00259. The van der Waals surface area contributed by atoms with Gasteiger partial charge in [0.15, 0.2) is 0 Å². The zero-order valence-corrected chi connectivity index (χ0v) is 13.4. The fraction of sp³-hybridized carbons (Fsp3) is 0.353. The van der Waals surface area contributed by atoms with Crippen LogP contribution in [0.1, 0.15) is 39.6 Å². The molecule has 126 valence electrons. The summed E-state index contributed by atoms with van der Waals surface area (Å²) in [5, 5.41) is 13.1. The number of amides is 1. The fourth-order valence-corrected chi connectivity index (χ4v) is 2.90. The maximum atomic E-state index is 12.5. The predicted molar refractivity (Wildman–Crippen MR) is 86.4 cm³/mol. The van der Waals surface area contributed by atoms with Crippen molar-refractivity contribution in [1.29, 1.82) is 0 Å². The normalized spacial score (nSPS) is 15.3. The lowest BCUT2D eigenvalue weighted by atomic mass is 10.0. The monoisotopic (exact) mass is 329 g/mol. The molecule has 2 aromatic rings. The Hall–Kier alpha value is -2.83. The molecule has 0 bridgehead atoms. The molecule has 1 aromatic carbocycles. The van der Waals surface area contributed by atoms with E-state index in [1.165, 1.54) is 6.20 Å². The maximum absolute atomic E-state index is 12.5. The van der Waals surface area contributed by atoms with E-state index in [1.807, 2.05) is 4.90 Å². The molecule has 0 unspecified atom stereocenters. The minimum Gasteiger partial charge on any atom is -0.497 e. The molecule has 24 heavy (non-hydrogen) atoms. The van der Waals surface area contributed by atoms with Crippen LogP contribution in [0.2, 0.25) is 0 Å². The Labute approximate surface area is 139 Å². The van der Waals surface area contributed by atoms with E-state index in [0.29, 0.717) is 18.7 Å². The van der Waals surface area contributed by atoms with Gasteiger partial charge in [-0.2, -0.15) is 5.10 Å². The summed E-state index contributed by atoms with van der Waals surface area (Å²) < 4.78 is 6.79. The molecule has 7 heteroatoms. The van der Waals surface area contributed by atoms with Gasteiger partial charge in [-0.25, -0.2) is 4.79 Å². The molecule has 2 heterocycles. The van der Waals surface area contributed by atoms with Gasteiger partial charge in [0.2, 0.25) is 0 Å². The molecule has 1 aliphatic rings. The first-order chi connectivity index (χ1) is 11.6. The third-order valence-electron chi connectivity index (χ3n) is 4.31. The minimum atomic E-state index is -0.978. The third kappa shape index (κ3) is 3.24. The zero-order chi connectivity index (χ0) is 17.1. The van der Waals surface area contributed by atoms with Gasteiger partial charge in [-0.3, -0.25) is 9.48 Å². The van der Waals surface area contributed by atoms with E-state index in [1.54, 1.807) is 42.3 Å². The number of hydrogen-bond donors (Lipinski definition) is 1. The maximum Gasteiger partial charge on any atom is 0.338 e. The van der Waals surface area contributed by atoms with Crippen molar-refractivity contribution in [2.75, 3.05) is 20.2 Å². The number of aromatic carboxylic acids is 1. The molecule has 0 aliphatic carbocycles. The highest BCUT2D eigenvalue weighted by Gasteiger charge is 2.25. The third-order valence-corrected chi connectivity index (χ3v) is 4.31. The summed E-state index contributed by atoms with van der Waals surface area (Å²) in [4.78, 5) is 25.3. The molecule has 0 radical (unpaired) electrons. The number of carboxylic acid groups (broad SMARTS) is 1. The van der Waals surface area contributed by atoms with Gasteiger partial charge in [0.05, 0.1) is 24.9 Å². The van der Waals surface area contributed by atoms with Crippen LogP contribution in [-0.2, 0) is 0 Å². The zero-order valence-electron chi connectivity index (χ0n) is 13.4. The summed E-state index contributed by atoms with van der Waals surface area (Å²) in [5.74, 6) is -0.255. The van der Waals surface area contributed by atoms with Crippen LogP contribution in [0.5, 0.6) is 5.75 Å². The number of methoxy groups -OCH3 is 1. The van der Waals surface area contributed by atoms with E-state index in [-0.39, 0.29) is 17.5 Å². The van der Waals surface area contributed by atoms with Gasteiger partial charge in [-0.05, 0) is 37.1 Å². The summed E-state index contributed by atoms with van der Waals surface area (Å²) in [5.41, 5.74) is 0.827. The fourth-order valence-electron chi connectivity index (χ4n) is 2.90.